The second kappa shape index (κ2) is 13.2. The summed E-state index contributed by atoms with van der Waals surface area (Å²) in [5.41, 5.74) is 3.57. The largest absolute Gasteiger partial charge is 0.416 e. The molecule has 0 aliphatic carbocycles. The molecule has 7 nitrogen and oxygen atoms in total. The van der Waals surface area contributed by atoms with Crippen LogP contribution in [-0.2, 0) is 12.7 Å². The van der Waals surface area contributed by atoms with Gasteiger partial charge in [-0.25, -0.2) is 9.50 Å². The quantitative estimate of drug-likeness (QED) is 0.312. The van der Waals surface area contributed by atoms with E-state index in [1.54, 1.807) is 35.1 Å². The number of benzene rings is 2. The first kappa shape index (κ1) is 30.8. The van der Waals surface area contributed by atoms with E-state index in [9.17, 15) is 18.0 Å². The molecule has 0 bridgehead atoms. The summed E-state index contributed by atoms with van der Waals surface area (Å²) in [7, 11) is 2.00. The summed E-state index contributed by atoms with van der Waals surface area (Å²) in [6.07, 6.45) is -1.19. The number of imidazole rings is 1. The maximum Gasteiger partial charge on any atom is 0.416 e. The normalized spacial score (nSPS) is 14.1. The van der Waals surface area contributed by atoms with Crippen LogP contribution in [0.5, 0.6) is 0 Å². The summed E-state index contributed by atoms with van der Waals surface area (Å²) in [4.78, 5) is 21.5. The molecule has 5 rings (SSSR count). The molecule has 0 spiro atoms. The number of aryl methyl sites for hydroxylation is 2. The number of nitrogens with one attached hydrogen (secondary N) is 1. The third-order valence-electron chi connectivity index (χ3n) is 6.99. The number of carbonyl (C=O) groups is 1. The van der Waals surface area contributed by atoms with Crippen molar-refractivity contribution in [1.29, 1.82) is 0 Å². The van der Waals surface area contributed by atoms with Gasteiger partial charge in [0.15, 0.2) is 5.65 Å². The van der Waals surface area contributed by atoms with Gasteiger partial charge in [0.2, 0.25) is 0 Å². The first-order valence-corrected chi connectivity index (χ1v) is 13.9. The van der Waals surface area contributed by atoms with Crippen molar-refractivity contribution in [2.75, 3.05) is 38.5 Å². The first-order valence-electron chi connectivity index (χ1n) is 13.9. The second-order valence-corrected chi connectivity index (χ2v) is 10.1. The molecule has 1 N–H and O–H groups in total. The first-order chi connectivity index (χ1) is 20.1. The molecule has 4 aromatic rings. The van der Waals surface area contributed by atoms with E-state index in [1.165, 1.54) is 12.1 Å². The van der Waals surface area contributed by atoms with Crippen LogP contribution in [0, 0.1) is 25.7 Å². The van der Waals surface area contributed by atoms with Crippen LogP contribution in [-0.4, -0.2) is 63.5 Å². The maximum atomic E-state index is 14.0. The number of rotatable bonds is 4. The van der Waals surface area contributed by atoms with Crippen molar-refractivity contribution in [2.24, 2.45) is 0 Å². The minimum Gasteiger partial charge on any atom is -0.322 e. The maximum absolute atomic E-state index is 14.0. The SMILES string of the molecule is CC.Cc1cnn2c(C#Cc3cc(C(=O)Nc4ccc(CN5CCN(C)CC5)c(C(F)(F)F)c4)ccc3C)cnc2c1. The number of hydrogen-bond donors (Lipinski definition) is 1. The highest BCUT2D eigenvalue weighted by atomic mass is 19.4. The summed E-state index contributed by atoms with van der Waals surface area (Å²) in [5.74, 6) is 5.60. The highest BCUT2D eigenvalue weighted by molar-refractivity contribution is 6.04. The number of carbonyl (C=O) groups excluding carboxylic acids is 1. The molecule has 0 radical (unpaired) electrons. The minimum atomic E-state index is -4.54. The number of fused-ring (bicyclic) bond motifs is 1. The summed E-state index contributed by atoms with van der Waals surface area (Å²) < 4.78 is 43.5. The van der Waals surface area contributed by atoms with E-state index in [2.05, 4.69) is 32.1 Å². The lowest BCUT2D eigenvalue weighted by Crippen LogP contribution is -2.44. The molecule has 1 amide bonds. The van der Waals surface area contributed by atoms with Gasteiger partial charge in [-0.15, -0.1) is 0 Å². The van der Waals surface area contributed by atoms with Crippen molar-refractivity contribution < 1.29 is 18.0 Å². The van der Waals surface area contributed by atoms with E-state index in [0.29, 0.717) is 30.0 Å². The standard InChI is InChI=1S/C30H29F3N6O.C2H6/c1-20-14-28-34-18-26(39(28)35-17-20)9-7-22-15-23(5-4-21(22)2)29(40)36-25-8-6-24(27(16-25)30(31,32)33)19-38-12-10-37(3)11-13-38;1-2/h4-6,8,14-18H,10-13,19H2,1-3H3,(H,36,40);1-2H3. The molecule has 1 fully saturated rings. The van der Waals surface area contributed by atoms with Gasteiger partial charge < -0.3 is 10.2 Å². The number of hydrogen-bond acceptors (Lipinski definition) is 5. The summed E-state index contributed by atoms with van der Waals surface area (Å²) >= 11 is 0. The molecule has 10 heteroatoms. The predicted octanol–water partition coefficient (Wildman–Crippen LogP) is 5.79. The smallest absolute Gasteiger partial charge is 0.322 e. The molecular formula is C32H35F3N6O. The van der Waals surface area contributed by atoms with E-state index in [4.69, 9.17) is 0 Å². The van der Waals surface area contributed by atoms with Gasteiger partial charge in [0, 0.05) is 49.5 Å². The monoisotopic (exact) mass is 576 g/mol. The zero-order valence-corrected chi connectivity index (χ0v) is 24.5. The van der Waals surface area contributed by atoms with Gasteiger partial charge in [-0.3, -0.25) is 9.69 Å². The predicted molar refractivity (Wildman–Crippen MR) is 158 cm³/mol. The molecule has 1 aliphatic heterocycles. The van der Waals surface area contributed by atoms with Crippen LogP contribution >= 0.6 is 0 Å². The lowest BCUT2D eigenvalue weighted by atomic mass is 10.0. The zero-order chi connectivity index (χ0) is 30.4. The molecule has 3 heterocycles. The molecule has 0 atom stereocenters. The Morgan fingerprint density at radius 3 is 2.43 bits per heavy atom. The third-order valence-corrected chi connectivity index (χ3v) is 6.99. The van der Waals surface area contributed by atoms with Crippen LogP contribution in [0.2, 0.25) is 0 Å². The second-order valence-electron chi connectivity index (χ2n) is 10.1. The van der Waals surface area contributed by atoms with Gasteiger partial charge in [-0.05, 0) is 73.8 Å². The number of likely N-dealkylation sites (N-methyl/N-ethyl adjacent to an activating group) is 1. The molecule has 220 valence electrons. The number of piperazine rings is 1. The van der Waals surface area contributed by atoms with E-state index in [1.807, 2.05) is 45.7 Å². The summed E-state index contributed by atoms with van der Waals surface area (Å²) in [6.45, 7) is 11.0. The Morgan fingerprint density at radius 2 is 1.71 bits per heavy atom. The van der Waals surface area contributed by atoms with Crippen LogP contribution < -0.4 is 5.32 Å². The summed E-state index contributed by atoms with van der Waals surface area (Å²) in [6, 6.07) is 10.9. The van der Waals surface area contributed by atoms with Crippen LogP contribution in [0.25, 0.3) is 5.65 Å². The Labute approximate surface area is 244 Å². The molecule has 0 unspecified atom stereocenters. The highest BCUT2D eigenvalue weighted by Gasteiger charge is 2.34. The Balaban J connectivity index is 0.00000198. The van der Waals surface area contributed by atoms with Crippen LogP contribution in [0.4, 0.5) is 18.9 Å². The number of alkyl halides is 3. The van der Waals surface area contributed by atoms with Gasteiger partial charge in [-0.1, -0.05) is 31.9 Å². The van der Waals surface area contributed by atoms with Crippen molar-refractivity contribution >= 4 is 17.2 Å². The Morgan fingerprint density at radius 1 is 0.976 bits per heavy atom. The average Bonchev–Trinajstić information content (AvgIpc) is 3.37. The number of aromatic nitrogens is 3. The molecule has 1 saturated heterocycles. The van der Waals surface area contributed by atoms with Crippen molar-refractivity contribution in [3.63, 3.8) is 0 Å². The van der Waals surface area contributed by atoms with Crippen molar-refractivity contribution in [2.45, 2.75) is 40.4 Å². The molecule has 1 aliphatic rings. The van der Waals surface area contributed by atoms with Crippen molar-refractivity contribution in [1.82, 2.24) is 24.4 Å². The van der Waals surface area contributed by atoms with E-state index in [-0.39, 0.29) is 23.4 Å². The van der Waals surface area contributed by atoms with E-state index in [0.717, 1.165) is 30.3 Å². The number of amides is 1. The number of halogens is 3. The summed E-state index contributed by atoms with van der Waals surface area (Å²) in [5, 5.41) is 6.96. The van der Waals surface area contributed by atoms with Crippen LogP contribution in [0.1, 0.15) is 57.7 Å². The van der Waals surface area contributed by atoms with E-state index >= 15 is 0 Å². The topological polar surface area (TPSA) is 65.8 Å². The molecule has 0 saturated carbocycles. The lowest BCUT2D eigenvalue weighted by Gasteiger charge is -2.33. The molecule has 2 aromatic heterocycles. The highest BCUT2D eigenvalue weighted by Crippen LogP contribution is 2.34. The van der Waals surface area contributed by atoms with Gasteiger partial charge in [0.1, 0.15) is 5.69 Å². The van der Waals surface area contributed by atoms with Crippen molar-refractivity contribution in [3.05, 3.63) is 93.9 Å². The number of anilines is 1. The third kappa shape index (κ3) is 7.35. The van der Waals surface area contributed by atoms with E-state index < -0.39 is 17.6 Å². The van der Waals surface area contributed by atoms with Gasteiger partial charge >= 0.3 is 6.18 Å². The molecule has 42 heavy (non-hydrogen) atoms. The van der Waals surface area contributed by atoms with Gasteiger partial charge in [0.05, 0.1) is 18.0 Å². The van der Waals surface area contributed by atoms with Gasteiger partial charge in [-0.2, -0.15) is 18.3 Å². The fourth-order valence-corrected chi connectivity index (χ4v) is 4.59. The average molecular weight is 577 g/mol. The Bertz CT molecular complexity index is 1620. The molecule has 2 aromatic carbocycles. The Hall–Kier alpha value is -4.20. The number of nitrogens with zero attached hydrogens (tertiary/aromatic N) is 5. The minimum absolute atomic E-state index is 0.0831. The fourth-order valence-electron chi connectivity index (χ4n) is 4.59. The van der Waals surface area contributed by atoms with Crippen molar-refractivity contribution in [3.8, 4) is 11.8 Å². The Kier molecular flexibility index (Phi) is 9.66. The van der Waals surface area contributed by atoms with Crippen LogP contribution in [0.15, 0.2) is 54.9 Å². The fraction of sp³-hybridized carbons (Fsp3) is 0.344. The lowest BCUT2D eigenvalue weighted by molar-refractivity contribution is -0.138. The zero-order valence-electron chi connectivity index (χ0n) is 24.5. The molecular weight excluding hydrogens is 541 g/mol. The van der Waals surface area contributed by atoms with Gasteiger partial charge in [0.25, 0.3) is 5.91 Å². The van der Waals surface area contributed by atoms with Crippen LogP contribution in [0.3, 0.4) is 0 Å².